The molecular formula is C14H20N2O3. The number of phenolic OH excluding ortho intramolecular Hbond substituents is 2. The van der Waals surface area contributed by atoms with Crippen LogP contribution in [0.15, 0.2) is 18.2 Å². The Kier molecular flexibility index (Phi) is 3.95. The summed E-state index contributed by atoms with van der Waals surface area (Å²) in [5.41, 5.74) is 6.16. The summed E-state index contributed by atoms with van der Waals surface area (Å²) in [7, 11) is 0. The number of benzene rings is 1. The molecule has 1 amide bonds. The average molecular weight is 264 g/mol. The molecule has 0 saturated carbocycles. The SMILES string of the molecule is CCC1CN(C(=O)c2cc(O)ccc2O)CCC1N. The summed E-state index contributed by atoms with van der Waals surface area (Å²) in [5.74, 6) is -0.0940. The quantitative estimate of drug-likeness (QED) is 0.703. The average Bonchev–Trinajstić information content (AvgIpc) is 2.41. The molecule has 2 rings (SSSR count). The van der Waals surface area contributed by atoms with Crippen LogP contribution in [0, 0.1) is 5.92 Å². The molecule has 2 atom stereocenters. The highest BCUT2D eigenvalue weighted by molar-refractivity contribution is 5.97. The third-order valence-electron chi connectivity index (χ3n) is 3.81. The van der Waals surface area contributed by atoms with Crippen molar-refractivity contribution >= 4 is 5.91 Å². The molecule has 5 heteroatoms. The van der Waals surface area contributed by atoms with Crippen LogP contribution in [0.5, 0.6) is 11.5 Å². The minimum absolute atomic E-state index is 0.0260. The van der Waals surface area contributed by atoms with Crippen LogP contribution in [0.4, 0.5) is 0 Å². The molecule has 0 aromatic heterocycles. The van der Waals surface area contributed by atoms with Gasteiger partial charge < -0.3 is 20.8 Å². The van der Waals surface area contributed by atoms with Crippen molar-refractivity contribution in [2.45, 2.75) is 25.8 Å². The van der Waals surface area contributed by atoms with Crippen molar-refractivity contribution in [3.8, 4) is 11.5 Å². The molecule has 4 N–H and O–H groups in total. The Morgan fingerprint density at radius 1 is 1.47 bits per heavy atom. The molecule has 104 valence electrons. The third kappa shape index (κ3) is 2.81. The van der Waals surface area contributed by atoms with E-state index < -0.39 is 0 Å². The molecule has 1 aliphatic heterocycles. The molecule has 19 heavy (non-hydrogen) atoms. The number of nitrogens with zero attached hydrogens (tertiary/aromatic N) is 1. The number of likely N-dealkylation sites (tertiary alicyclic amines) is 1. The van der Waals surface area contributed by atoms with Crippen LogP contribution in [0.1, 0.15) is 30.1 Å². The zero-order valence-corrected chi connectivity index (χ0v) is 11.0. The highest BCUT2D eigenvalue weighted by Crippen LogP contribution is 2.26. The van der Waals surface area contributed by atoms with Crippen LogP contribution >= 0.6 is 0 Å². The van der Waals surface area contributed by atoms with E-state index in [1.54, 1.807) is 4.90 Å². The van der Waals surface area contributed by atoms with Gasteiger partial charge in [0.25, 0.3) is 5.91 Å². The first-order valence-electron chi connectivity index (χ1n) is 6.59. The van der Waals surface area contributed by atoms with Crippen molar-refractivity contribution in [3.63, 3.8) is 0 Å². The number of amides is 1. The largest absolute Gasteiger partial charge is 0.508 e. The molecule has 1 aromatic rings. The van der Waals surface area contributed by atoms with Crippen LogP contribution in [0.3, 0.4) is 0 Å². The number of hydrogen-bond acceptors (Lipinski definition) is 4. The Morgan fingerprint density at radius 2 is 2.21 bits per heavy atom. The first kappa shape index (κ1) is 13.7. The van der Waals surface area contributed by atoms with Crippen LogP contribution in [-0.2, 0) is 0 Å². The number of rotatable bonds is 2. The van der Waals surface area contributed by atoms with Gasteiger partial charge in [-0.2, -0.15) is 0 Å². The lowest BCUT2D eigenvalue weighted by Crippen LogP contribution is -2.49. The predicted molar refractivity (Wildman–Crippen MR) is 72.0 cm³/mol. The standard InChI is InChI=1S/C14H20N2O3/c1-2-9-8-16(6-5-12(9)15)14(19)11-7-10(17)3-4-13(11)18/h3-4,7,9,12,17-18H,2,5-6,8,15H2,1H3. The Balaban J connectivity index is 2.18. The second kappa shape index (κ2) is 5.48. The first-order valence-corrected chi connectivity index (χ1v) is 6.59. The van der Waals surface area contributed by atoms with E-state index in [1.807, 2.05) is 0 Å². The van der Waals surface area contributed by atoms with E-state index in [9.17, 15) is 15.0 Å². The van der Waals surface area contributed by atoms with Crippen molar-refractivity contribution in [3.05, 3.63) is 23.8 Å². The predicted octanol–water partition coefficient (Wildman–Crippen LogP) is 1.30. The molecule has 0 spiro atoms. The maximum atomic E-state index is 12.4. The van der Waals surface area contributed by atoms with E-state index in [0.717, 1.165) is 12.8 Å². The van der Waals surface area contributed by atoms with Crippen LogP contribution in [-0.4, -0.2) is 40.2 Å². The number of piperidine rings is 1. The molecule has 0 bridgehead atoms. The highest BCUT2D eigenvalue weighted by atomic mass is 16.3. The molecule has 0 aliphatic carbocycles. The monoisotopic (exact) mass is 264 g/mol. The first-order chi connectivity index (χ1) is 9.02. The second-order valence-electron chi connectivity index (χ2n) is 5.07. The molecule has 1 aliphatic rings. The van der Waals surface area contributed by atoms with Gasteiger partial charge in [0.1, 0.15) is 11.5 Å². The fourth-order valence-corrected chi connectivity index (χ4v) is 2.53. The zero-order valence-electron chi connectivity index (χ0n) is 11.0. The van der Waals surface area contributed by atoms with Crippen molar-refractivity contribution in [2.75, 3.05) is 13.1 Å². The number of aromatic hydroxyl groups is 2. The van der Waals surface area contributed by atoms with Gasteiger partial charge in [0.05, 0.1) is 5.56 Å². The van der Waals surface area contributed by atoms with Crippen molar-refractivity contribution in [1.82, 2.24) is 4.90 Å². The van der Waals surface area contributed by atoms with Gasteiger partial charge in [-0.1, -0.05) is 13.3 Å². The number of nitrogens with two attached hydrogens (primary N) is 1. The fourth-order valence-electron chi connectivity index (χ4n) is 2.53. The van der Waals surface area contributed by atoms with E-state index in [0.29, 0.717) is 13.1 Å². The van der Waals surface area contributed by atoms with E-state index in [-0.39, 0.29) is 34.9 Å². The minimum atomic E-state index is -0.251. The summed E-state index contributed by atoms with van der Waals surface area (Å²) in [6.07, 6.45) is 1.70. The number of phenols is 2. The molecule has 0 radical (unpaired) electrons. The number of carbonyl (C=O) groups is 1. The van der Waals surface area contributed by atoms with Crippen molar-refractivity contribution in [1.29, 1.82) is 0 Å². The molecule has 2 unspecified atom stereocenters. The Morgan fingerprint density at radius 3 is 2.89 bits per heavy atom. The molecule has 5 nitrogen and oxygen atoms in total. The second-order valence-corrected chi connectivity index (χ2v) is 5.07. The zero-order chi connectivity index (χ0) is 14.0. The summed E-state index contributed by atoms with van der Waals surface area (Å²) in [6.45, 7) is 3.25. The molecule has 1 heterocycles. The van der Waals surface area contributed by atoms with E-state index in [2.05, 4.69) is 6.92 Å². The smallest absolute Gasteiger partial charge is 0.257 e. The highest BCUT2D eigenvalue weighted by Gasteiger charge is 2.29. The Hall–Kier alpha value is -1.75. The lowest BCUT2D eigenvalue weighted by atomic mass is 9.90. The normalized spacial score (nSPS) is 23.4. The van der Waals surface area contributed by atoms with Gasteiger partial charge in [0, 0.05) is 19.1 Å². The van der Waals surface area contributed by atoms with Gasteiger partial charge in [0.2, 0.25) is 0 Å². The summed E-state index contributed by atoms with van der Waals surface area (Å²) in [4.78, 5) is 14.1. The van der Waals surface area contributed by atoms with Gasteiger partial charge >= 0.3 is 0 Å². The van der Waals surface area contributed by atoms with Gasteiger partial charge in [-0.05, 0) is 30.5 Å². The maximum Gasteiger partial charge on any atom is 0.257 e. The number of carbonyl (C=O) groups excluding carboxylic acids is 1. The number of hydrogen-bond donors (Lipinski definition) is 3. The minimum Gasteiger partial charge on any atom is -0.508 e. The lowest BCUT2D eigenvalue weighted by Gasteiger charge is -2.36. The maximum absolute atomic E-state index is 12.4. The third-order valence-corrected chi connectivity index (χ3v) is 3.81. The van der Waals surface area contributed by atoms with Gasteiger partial charge in [-0.25, -0.2) is 0 Å². The van der Waals surface area contributed by atoms with Crippen LogP contribution in [0.25, 0.3) is 0 Å². The molecular weight excluding hydrogens is 244 g/mol. The summed E-state index contributed by atoms with van der Waals surface area (Å²) >= 11 is 0. The Bertz CT molecular complexity index is 476. The summed E-state index contributed by atoms with van der Waals surface area (Å²) in [5, 5.41) is 19.2. The Labute approximate surface area is 112 Å². The summed E-state index contributed by atoms with van der Waals surface area (Å²) in [6, 6.07) is 4.11. The van der Waals surface area contributed by atoms with Crippen molar-refractivity contribution < 1.29 is 15.0 Å². The topological polar surface area (TPSA) is 86.8 Å². The van der Waals surface area contributed by atoms with Crippen LogP contribution in [0.2, 0.25) is 0 Å². The van der Waals surface area contributed by atoms with E-state index in [1.165, 1.54) is 18.2 Å². The van der Waals surface area contributed by atoms with Gasteiger partial charge in [-0.3, -0.25) is 4.79 Å². The lowest BCUT2D eigenvalue weighted by molar-refractivity contribution is 0.0646. The fraction of sp³-hybridized carbons (Fsp3) is 0.500. The van der Waals surface area contributed by atoms with Crippen LogP contribution < -0.4 is 5.73 Å². The van der Waals surface area contributed by atoms with Crippen molar-refractivity contribution in [2.24, 2.45) is 11.7 Å². The molecule has 1 saturated heterocycles. The summed E-state index contributed by atoms with van der Waals surface area (Å²) < 4.78 is 0. The van der Waals surface area contributed by atoms with E-state index >= 15 is 0 Å². The molecule has 1 aromatic carbocycles. The van der Waals surface area contributed by atoms with Gasteiger partial charge in [0.15, 0.2) is 0 Å². The van der Waals surface area contributed by atoms with E-state index in [4.69, 9.17) is 5.73 Å². The molecule has 1 fully saturated rings. The van der Waals surface area contributed by atoms with Gasteiger partial charge in [-0.15, -0.1) is 0 Å².